The lowest BCUT2D eigenvalue weighted by Gasteiger charge is -2.02. The van der Waals surface area contributed by atoms with Crippen LogP contribution in [0.1, 0.15) is 12.1 Å². The van der Waals surface area contributed by atoms with E-state index in [1.807, 2.05) is 47.3 Å². The molecule has 0 fully saturated rings. The van der Waals surface area contributed by atoms with Gasteiger partial charge in [0.05, 0.1) is 11.4 Å². The Balaban J connectivity index is 1.83. The third-order valence-corrected chi connectivity index (χ3v) is 2.67. The minimum atomic E-state index is 0.795. The van der Waals surface area contributed by atoms with E-state index in [0.717, 1.165) is 37.5 Å². The number of aromatic nitrogens is 2. The van der Waals surface area contributed by atoms with Gasteiger partial charge in [-0.3, -0.25) is 0 Å². The summed E-state index contributed by atoms with van der Waals surface area (Å²) in [7, 11) is 1.72. The van der Waals surface area contributed by atoms with E-state index in [9.17, 15) is 0 Å². The Labute approximate surface area is 108 Å². The molecule has 0 aliphatic rings. The van der Waals surface area contributed by atoms with Crippen LogP contribution in [0.4, 0.5) is 0 Å². The summed E-state index contributed by atoms with van der Waals surface area (Å²) in [6.45, 7) is 2.54. The lowest BCUT2D eigenvalue weighted by molar-refractivity contribution is 0.194. The van der Waals surface area contributed by atoms with Crippen molar-refractivity contribution < 1.29 is 4.74 Å². The van der Waals surface area contributed by atoms with Crippen molar-refractivity contribution >= 4 is 0 Å². The molecule has 0 aliphatic carbocycles. The van der Waals surface area contributed by atoms with Crippen LogP contribution >= 0.6 is 0 Å². The Kier molecular flexibility index (Phi) is 4.93. The molecule has 0 radical (unpaired) electrons. The summed E-state index contributed by atoms with van der Waals surface area (Å²) in [5.74, 6) is 0. The Bertz CT molecular complexity index is 453. The van der Waals surface area contributed by atoms with Crippen LogP contribution in [0.25, 0.3) is 5.69 Å². The van der Waals surface area contributed by atoms with Crippen LogP contribution in [-0.4, -0.2) is 30.0 Å². The fourth-order valence-electron chi connectivity index (χ4n) is 1.74. The average molecular weight is 245 g/mol. The topological polar surface area (TPSA) is 39.1 Å². The van der Waals surface area contributed by atoms with Gasteiger partial charge in [-0.2, -0.15) is 5.10 Å². The normalized spacial score (nSPS) is 10.7. The van der Waals surface area contributed by atoms with Crippen LogP contribution in [0.5, 0.6) is 0 Å². The van der Waals surface area contributed by atoms with E-state index in [0.29, 0.717) is 0 Å². The summed E-state index contributed by atoms with van der Waals surface area (Å²) in [5, 5.41) is 7.87. The van der Waals surface area contributed by atoms with Crippen LogP contribution in [0.2, 0.25) is 0 Å². The van der Waals surface area contributed by atoms with Gasteiger partial charge in [0, 0.05) is 26.5 Å². The molecule has 18 heavy (non-hydrogen) atoms. The molecule has 0 spiro atoms. The van der Waals surface area contributed by atoms with Gasteiger partial charge in [0.1, 0.15) is 0 Å². The van der Waals surface area contributed by atoms with Crippen LogP contribution in [0.3, 0.4) is 0 Å². The Hall–Kier alpha value is -1.65. The first kappa shape index (κ1) is 12.8. The van der Waals surface area contributed by atoms with E-state index in [-0.39, 0.29) is 0 Å². The van der Waals surface area contributed by atoms with Crippen molar-refractivity contribution in [3.8, 4) is 5.69 Å². The summed E-state index contributed by atoms with van der Waals surface area (Å²) in [4.78, 5) is 0. The van der Waals surface area contributed by atoms with Crippen LogP contribution in [-0.2, 0) is 11.3 Å². The Morgan fingerprint density at radius 3 is 2.83 bits per heavy atom. The summed E-state index contributed by atoms with van der Waals surface area (Å²) in [6, 6.07) is 12.2. The quantitative estimate of drug-likeness (QED) is 0.758. The van der Waals surface area contributed by atoms with Gasteiger partial charge in [0.2, 0.25) is 0 Å². The molecule has 4 heteroatoms. The van der Waals surface area contributed by atoms with E-state index in [4.69, 9.17) is 4.74 Å². The van der Waals surface area contributed by atoms with E-state index in [2.05, 4.69) is 10.4 Å². The van der Waals surface area contributed by atoms with Crippen molar-refractivity contribution in [3.05, 3.63) is 48.3 Å². The number of hydrogen-bond donors (Lipinski definition) is 1. The molecule has 1 heterocycles. The second kappa shape index (κ2) is 6.93. The largest absolute Gasteiger partial charge is 0.385 e. The smallest absolute Gasteiger partial charge is 0.0766 e. The van der Waals surface area contributed by atoms with E-state index < -0.39 is 0 Å². The number of nitrogens with one attached hydrogen (secondary N) is 1. The summed E-state index contributed by atoms with van der Waals surface area (Å²) < 4.78 is 6.89. The minimum absolute atomic E-state index is 0.795. The first-order chi connectivity index (χ1) is 8.90. The highest BCUT2D eigenvalue weighted by molar-refractivity contribution is 5.30. The molecule has 0 bridgehead atoms. The lowest BCUT2D eigenvalue weighted by atomic mass is 10.3. The molecule has 2 rings (SSSR count). The molecule has 0 saturated heterocycles. The predicted molar refractivity (Wildman–Crippen MR) is 71.8 cm³/mol. The number of rotatable bonds is 7. The van der Waals surface area contributed by atoms with Gasteiger partial charge in [-0.05, 0) is 31.2 Å². The molecular formula is C14H19N3O. The summed E-state index contributed by atoms with van der Waals surface area (Å²) in [5.41, 5.74) is 2.14. The lowest BCUT2D eigenvalue weighted by Crippen LogP contribution is -2.16. The van der Waals surface area contributed by atoms with Crippen LogP contribution in [0.15, 0.2) is 42.6 Å². The number of benzene rings is 1. The maximum absolute atomic E-state index is 5.00. The van der Waals surface area contributed by atoms with Gasteiger partial charge in [-0.15, -0.1) is 0 Å². The molecule has 0 amide bonds. The van der Waals surface area contributed by atoms with Gasteiger partial charge >= 0.3 is 0 Å². The molecular weight excluding hydrogens is 226 g/mol. The standard InChI is InChI=1S/C14H19N3O/c1-18-11-5-9-15-12-13-8-10-17(16-13)14-6-3-2-4-7-14/h2-4,6-8,10,15H,5,9,11-12H2,1H3. The maximum Gasteiger partial charge on any atom is 0.0766 e. The summed E-state index contributed by atoms with van der Waals surface area (Å²) in [6.07, 6.45) is 3.01. The Morgan fingerprint density at radius 2 is 2.06 bits per heavy atom. The molecule has 0 atom stereocenters. The second-order valence-corrected chi connectivity index (χ2v) is 4.11. The van der Waals surface area contributed by atoms with Gasteiger partial charge in [-0.25, -0.2) is 4.68 Å². The van der Waals surface area contributed by atoms with Crippen molar-refractivity contribution in [3.63, 3.8) is 0 Å². The van der Waals surface area contributed by atoms with E-state index in [1.54, 1.807) is 7.11 Å². The fraction of sp³-hybridized carbons (Fsp3) is 0.357. The molecule has 0 saturated carbocycles. The fourth-order valence-corrected chi connectivity index (χ4v) is 1.74. The first-order valence-electron chi connectivity index (χ1n) is 6.20. The Morgan fingerprint density at radius 1 is 1.22 bits per heavy atom. The number of ether oxygens (including phenoxy) is 1. The summed E-state index contributed by atoms with van der Waals surface area (Å²) >= 11 is 0. The highest BCUT2D eigenvalue weighted by Crippen LogP contribution is 2.06. The second-order valence-electron chi connectivity index (χ2n) is 4.11. The number of nitrogens with zero attached hydrogens (tertiary/aromatic N) is 2. The van der Waals surface area contributed by atoms with Crippen molar-refractivity contribution in [2.45, 2.75) is 13.0 Å². The van der Waals surface area contributed by atoms with Gasteiger partial charge in [0.25, 0.3) is 0 Å². The highest BCUT2D eigenvalue weighted by atomic mass is 16.5. The minimum Gasteiger partial charge on any atom is -0.385 e. The van der Waals surface area contributed by atoms with E-state index >= 15 is 0 Å². The monoisotopic (exact) mass is 245 g/mol. The first-order valence-corrected chi connectivity index (χ1v) is 6.20. The average Bonchev–Trinajstić information content (AvgIpc) is 2.88. The number of para-hydroxylation sites is 1. The number of methoxy groups -OCH3 is 1. The molecule has 96 valence electrons. The third-order valence-electron chi connectivity index (χ3n) is 2.67. The van der Waals surface area contributed by atoms with Crippen molar-refractivity contribution in [2.24, 2.45) is 0 Å². The molecule has 1 aromatic heterocycles. The molecule has 1 aromatic carbocycles. The highest BCUT2D eigenvalue weighted by Gasteiger charge is 2.00. The molecule has 2 aromatic rings. The zero-order valence-corrected chi connectivity index (χ0v) is 10.7. The maximum atomic E-state index is 5.00. The molecule has 0 unspecified atom stereocenters. The predicted octanol–water partition coefficient (Wildman–Crippen LogP) is 2.00. The van der Waals surface area contributed by atoms with Gasteiger partial charge in [-0.1, -0.05) is 18.2 Å². The number of hydrogen-bond acceptors (Lipinski definition) is 3. The zero-order chi connectivity index (χ0) is 12.6. The van der Waals surface area contributed by atoms with Crippen molar-refractivity contribution in [1.82, 2.24) is 15.1 Å². The van der Waals surface area contributed by atoms with Crippen molar-refractivity contribution in [1.29, 1.82) is 0 Å². The van der Waals surface area contributed by atoms with Gasteiger partial charge < -0.3 is 10.1 Å². The zero-order valence-electron chi connectivity index (χ0n) is 10.7. The van der Waals surface area contributed by atoms with Crippen molar-refractivity contribution in [2.75, 3.05) is 20.3 Å². The van der Waals surface area contributed by atoms with E-state index in [1.165, 1.54) is 0 Å². The molecule has 0 aliphatic heterocycles. The van der Waals surface area contributed by atoms with Crippen LogP contribution < -0.4 is 5.32 Å². The van der Waals surface area contributed by atoms with Crippen LogP contribution in [0, 0.1) is 0 Å². The molecule has 4 nitrogen and oxygen atoms in total. The van der Waals surface area contributed by atoms with Gasteiger partial charge in [0.15, 0.2) is 0 Å². The third kappa shape index (κ3) is 3.68. The SMILES string of the molecule is COCCCNCc1ccn(-c2ccccc2)n1. The molecule has 1 N–H and O–H groups in total.